The van der Waals surface area contributed by atoms with Crippen LogP contribution in [-0.2, 0) is 18.6 Å². The monoisotopic (exact) mass is 293 g/mol. The molecule has 0 aliphatic heterocycles. The van der Waals surface area contributed by atoms with Gasteiger partial charge < -0.3 is 0 Å². The van der Waals surface area contributed by atoms with Crippen LogP contribution in [0.5, 0.6) is 0 Å². The lowest BCUT2D eigenvalue weighted by molar-refractivity contribution is 0.378. The topological polar surface area (TPSA) is 55.6 Å². The minimum atomic E-state index is -0.159. The van der Waals surface area contributed by atoms with Crippen molar-refractivity contribution in [2.45, 2.75) is 53.2 Å². The third-order valence-corrected chi connectivity index (χ3v) is 4.31. The second-order valence-electron chi connectivity index (χ2n) is 6.01. The first-order valence-corrected chi connectivity index (χ1v) is 7.75. The third-order valence-electron chi connectivity index (χ3n) is 3.08. The van der Waals surface area contributed by atoms with Crippen molar-refractivity contribution >= 4 is 11.3 Å². The van der Waals surface area contributed by atoms with Gasteiger partial charge in [0.25, 0.3) is 0 Å². The molecule has 20 heavy (non-hydrogen) atoms. The first-order chi connectivity index (χ1) is 9.38. The van der Waals surface area contributed by atoms with Crippen LogP contribution in [0.3, 0.4) is 0 Å². The first kappa shape index (κ1) is 15.1. The Morgan fingerprint density at radius 2 is 2.10 bits per heavy atom. The van der Waals surface area contributed by atoms with Crippen molar-refractivity contribution in [3.8, 4) is 0 Å². The van der Waals surface area contributed by atoms with Crippen LogP contribution in [0.15, 0.2) is 12.5 Å². The smallest absolute Gasteiger partial charge is 0.140 e. The van der Waals surface area contributed by atoms with Crippen LogP contribution in [0.1, 0.15) is 43.4 Å². The van der Waals surface area contributed by atoms with Gasteiger partial charge in [0.05, 0.1) is 12.1 Å². The number of hydrogen-bond donors (Lipinski definition) is 1. The van der Waals surface area contributed by atoms with E-state index in [4.69, 9.17) is 0 Å². The highest BCUT2D eigenvalue weighted by atomic mass is 32.1. The molecule has 110 valence electrons. The summed E-state index contributed by atoms with van der Waals surface area (Å²) in [6, 6.07) is 0. The van der Waals surface area contributed by atoms with E-state index in [1.165, 1.54) is 4.88 Å². The molecule has 0 bridgehead atoms. The first-order valence-electron chi connectivity index (χ1n) is 6.93. The van der Waals surface area contributed by atoms with E-state index in [0.717, 1.165) is 17.4 Å². The van der Waals surface area contributed by atoms with E-state index in [1.54, 1.807) is 17.7 Å². The van der Waals surface area contributed by atoms with E-state index in [1.807, 2.05) is 10.9 Å². The van der Waals surface area contributed by atoms with Gasteiger partial charge in [-0.05, 0) is 26.7 Å². The fraction of sp³-hybridized carbons (Fsp3) is 0.643. The Hall–Kier alpha value is -1.27. The zero-order valence-corrected chi connectivity index (χ0v) is 13.7. The molecule has 0 aromatic carbocycles. The second kappa shape index (κ2) is 6.01. The summed E-state index contributed by atoms with van der Waals surface area (Å²) < 4.78 is 1.97. The Labute approximate surface area is 124 Å². The molecular weight excluding hydrogens is 270 g/mol. The standard InChI is InChI=1S/C14H23N5S/c1-10(2)8-19-12(16-9-18-19)7-17-14(4,5)13-15-6-11(3)20-13/h6,9-10,17H,7-8H2,1-5H3. The molecular formula is C14H23N5S. The maximum atomic E-state index is 4.47. The molecule has 5 nitrogen and oxygen atoms in total. The molecule has 0 saturated heterocycles. The Balaban J connectivity index is 2.03. The average Bonchev–Trinajstić information content (AvgIpc) is 2.95. The Bertz CT molecular complexity index is 555. The van der Waals surface area contributed by atoms with E-state index >= 15 is 0 Å². The SMILES string of the molecule is Cc1cnc(C(C)(C)NCc2ncnn2CC(C)C)s1. The number of rotatable bonds is 6. The predicted molar refractivity (Wildman–Crippen MR) is 81.6 cm³/mol. The average molecular weight is 293 g/mol. The van der Waals surface area contributed by atoms with Crippen LogP contribution in [0.25, 0.3) is 0 Å². The number of nitrogens with zero attached hydrogens (tertiary/aromatic N) is 4. The van der Waals surface area contributed by atoms with Crippen molar-refractivity contribution in [1.29, 1.82) is 0 Å². The van der Waals surface area contributed by atoms with Gasteiger partial charge in [-0.15, -0.1) is 11.3 Å². The molecule has 2 rings (SSSR count). The molecule has 2 heterocycles. The van der Waals surface area contributed by atoms with Crippen molar-refractivity contribution in [1.82, 2.24) is 25.1 Å². The summed E-state index contributed by atoms with van der Waals surface area (Å²) in [6.45, 7) is 12.3. The lowest BCUT2D eigenvalue weighted by atomic mass is 10.1. The molecule has 0 fully saturated rings. The molecule has 0 unspecified atom stereocenters. The van der Waals surface area contributed by atoms with E-state index in [0.29, 0.717) is 12.5 Å². The Kier molecular flexibility index (Phi) is 4.55. The molecule has 0 aliphatic carbocycles. The molecule has 0 saturated carbocycles. The Morgan fingerprint density at radius 3 is 2.70 bits per heavy atom. The minimum absolute atomic E-state index is 0.159. The van der Waals surface area contributed by atoms with Gasteiger partial charge in [-0.25, -0.2) is 14.6 Å². The molecule has 2 aromatic rings. The van der Waals surface area contributed by atoms with Crippen LogP contribution >= 0.6 is 11.3 Å². The van der Waals surface area contributed by atoms with Crippen LogP contribution in [0.2, 0.25) is 0 Å². The van der Waals surface area contributed by atoms with Crippen molar-refractivity contribution in [2.24, 2.45) is 5.92 Å². The number of nitrogens with one attached hydrogen (secondary N) is 1. The van der Waals surface area contributed by atoms with Crippen LogP contribution in [0, 0.1) is 12.8 Å². The number of hydrogen-bond acceptors (Lipinski definition) is 5. The Morgan fingerprint density at radius 1 is 1.35 bits per heavy atom. The van der Waals surface area contributed by atoms with Crippen molar-refractivity contribution in [2.75, 3.05) is 0 Å². The fourth-order valence-electron chi connectivity index (χ4n) is 1.94. The van der Waals surface area contributed by atoms with E-state index in [-0.39, 0.29) is 5.54 Å². The summed E-state index contributed by atoms with van der Waals surface area (Å²) in [4.78, 5) is 10.0. The van der Waals surface area contributed by atoms with Crippen molar-refractivity contribution in [3.63, 3.8) is 0 Å². The summed E-state index contributed by atoms with van der Waals surface area (Å²) in [5, 5.41) is 8.92. The molecule has 0 amide bonds. The van der Waals surface area contributed by atoms with E-state index < -0.39 is 0 Å². The number of aromatic nitrogens is 4. The van der Waals surface area contributed by atoms with Gasteiger partial charge in [0.1, 0.15) is 17.2 Å². The minimum Gasteiger partial charge on any atom is -0.299 e. The van der Waals surface area contributed by atoms with Crippen LogP contribution < -0.4 is 5.32 Å². The summed E-state index contributed by atoms with van der Waals surface area (Å²) in [5.41, 5.74) is -0.159. The van der Waals surface area contributed by atoms with E-state index in [9.17, 15) is 0 Å². The van der Waals surface area contributed by atoms with Crippen LogP contribution in [-0.4, -0.2) is 19.7 Å². The summed E-state index contributed by atoms with van der Waals surface area (Å²) in [7, 11) is 0. The van der Waals surface area contributed by atoms with Crippen molar-refractivity contribution in [3.05, 3.63) is 28.2 Å². The van der Waals surface area contributed by atoms with Gasteiger partial charge >= 0.3 is 0 Å². The zero-order valence-electron chi connectivity index (χ0n) is 12.8. The maximum Gasteiger partial charge on any atom is 0.140 e. The van der Waals surface area contributed by atoms with Gasteiger partial charge in [0, 0.05) is 17.6 Å². The van der Waals surface area contributed by atoms with Gasteiger partial charge in [-0.2, -0.15) is 5.10 Å². The van der Waals surface area contributed by atoms with E-state index in [2.05, 4.69) is 55.0 Å². The summed E-state index contributed by atoms with van der Waals surface area (Å²) in [5.74, 6) is 1.53. The molecule has 0 spiro atoms. The third kappa shape index (κ3) is 3.64. The maximum absolute atomic E-state index is 4.47. The highest BCUT2D eigenvalue weighted by Gasteiger charge is 2.24. The molecule has 0 atom stereocenters. The number of aryl methyl sites for hydroxylation is 1. The van der Waals surface area contributed by atoms with Crippen LogP contribution in [0.4, 0.5) is 0 Å². The van der Waals surface area contributed by atoms with Crippen molar-refractivity contribution < 1.29 is 0 Å². The lowest BCUT2D eigenvalue weighted by Gasteiger charge is -2.23. The van der Waals surface area contributed by atoms with Gasteiger partial charge in [0.2, 0.25) is 0 Å². The summed E-state index contributed by atoms with van der Waals surface area (Å²) >= 11 is 1.73. The molecule has 2 aromatic heterocycles. The fourth-order valence-corrected chi connectivity index (χ4v) is 2.79. The largest absolute Gasteiger partial charge is 0.299 e. The highest BCUT2D eigenvalue weighted by Crippen LogP contribution is 2.25. The molecule has 0 aliphatic rings. The van der Waals surface area contributed by atoms with Gasteiger partial charge in [0.15, 0.2) is 0 Å². The normalized spacial score (nSPS) is 12.3. The van der Waals surface area contributed by atoms with Gasteiger partial charge in [-0.3, -0.25) is 5.32 Å². The molecule has 0 radical (unpaired) electrons. The summed E-state index contributed by atoms with van der Waals surface area (Å²) in [6.07, 6.45) is 3.55. The zero-order chi connectivity index (χ0) is 14.8. The number of thiazole rings is 1. The second-order valence-corrected chi connectivity index (χ2v) is 7.24. The predicted octanol–water partition coefficient (Wildman–Crippen LogP) is 2.72. The lowest BCUT2D eigenvalue weighted by Crippen LogP contribution is -2.36. The van der Waals surface area contributed by atoms with Gasteiger partial charge in [-0.1, -0.05) is 13.8 Å². The highest BCUT2D eigenvalue weighted by molar-refractivity contribution is 7.11. The molecule has 1 N–H and O–H groups in total. The molecule has 6 heteroatoms. The quantitative estimate of drug-likeness (QED) is 0.889.